The number of ether oxygens (including phenoxy) is 1. The first-order valence-corrected chi connectivity index (χ1v) is 14.0. The second-order valence-electron chi connectivity index (χ2n) is 11.1. The number of amides is 1. The molecule has 9 nitrogen and oxygen atoms in total. The molecular formula is C30H34F4N6O3. The third-order valence-electron chi connectivity index (χ3n) is 8.20. The second kappa shape index (κ2) is 12.0. The van der Waals surface area contributed by atoms with E-state index < -0.39 is 34.6 Å². The number of nitrogens with zero attached hydrogens (tertiary/aromatic N) is 5. The number of morpholine rings is 1. The number of anilines is 3. The van der Waals surface area contributed by atoms with Crippen LogP contribution >= 0.6 is 0 Å². The highest BCUT2D eigenvalue weighted by Gasteiger charge is 2.37. The minimum atomic E-state index is -4.94. The molecule has 13 heteroatoms. The molecule has 0 spiro atoms. The van der Waals surface area contributed by atoms with Crippen LogP contribution in [0.25, 0.3) is 11.1 Å². The number of carbonyl (C=O) groups excluding carboxylic acids is 1. The van der Waals surface area contributed by atoms with Gasteiger partial charge < -0.3 is 24.4 Å². The van der Waals surface area contributed by atoms with Gasteiger partial charge in [0.1, 0.15) is 11.6 Å². The lowest BCUT2D eigenvalue weighted by Gasteiger charge is -2.44. The number of piperazine rings is 1. The molecule has 43 heavy (non-hydrogen) atoms. The van der Waals surface area contributed by atoms with E-state index >= 15 is 4.39 Å². The highest BCUT2D eigenvalue weighted by Crippen LogP contribution is 2.38. The monoisotopic (exact) mass is 602 g/mol. The second-order valence-corrected chi connectivity index (χ2v) is 11.1. The molecule has 2 aliphatic heterocycles. The maximum atomic E-state index is 15.9. The van der Waals surface area contributed by atoms with E-state index in [-0.39, 0.29) is 23.3 Å². The van der Waals surface area contributed by atoms with Crippen LogP contribution in [0.5, 0.6) is 0 Å². The summed E-state index contributed by atoms with van der Waals surface area (Å²) in [6, 6.07) is 6.73. The summed E-state index contributed by atoms with van der Waals surface area (Å²) < 4.78 is 63.8. The molecule has 2 aromatic heterocycles. The minimum Gasteiger partial charge on any atom is -0.378 e. The number of benzene rings is 1. The summed E-state index contributed by atoms with van der Waals surface area (Å²) in [4.78, 5) is 36.0. The van der Waals surface area contributed by atoms with Gasteiger partial charge in [0, 0.05) is 69.3 Å². The predicted molar refractivity (Wildman–Crippen MR) is 156 cm³/mol. The molecule has 0 radical (unpaired) electrons. The van der Waals surface area contributed by atoms with E-state index in [0.717, 1.165) is 10.8 Å². The number of halogens is 4. The fraction of sp³-hybridized carbons (Fsp3) is 0.433. The summed E-state index contributed by atoms with van der Waals surface area (Å²) in [5, 5.41) is 2.62. The Morgan fingerprint density at radius 3 is 2.35 bits per heavy atom. The molecule has 1 aromatic carbocycles. The average molecular weight is 603 g/mol. The lowest BCUT2D eigenvalue weighted by atomic mass is 10.0. The minimum absolute atomic E-state index is 0.0896. The van der Waals surface area contributed by atoms with E-state index in [1.165, 1.54) is 19.2 Å². The largest absolute Gasteiger partial charge is 0.417 e. The smallest absolute Gasteiger partial charge is 0.378 e. The molecule has 2 saturated heterocycles. The number of pyridine rings is 2. The van der Waals surface area contributed by atoms with E-state index in [1.807, 2.05) is 30.7 Å². The molecular weight excluding hydrogens is 568 g/mol. The molecule has 2 fully saturated rings. The van der Waals surface area contributed by atoms with Crippen molar-refractivity contribution in [3.05, 3.63) is 70.0 Å². The Morgan fingerprint density at radius 2 is 1.70 bits per heavy atom. The van der Waals surface area contributed by atoms with Gasteiger partial charge in [0.2, 0.25) is 0 Å². The maximum absolute atomic E-state index is 15.9. The molecule has 2 atom stereocenters. The highest BCUT2D eigenvalue weighted by atomic mass is 19.4. The van der Waals surface area contributed by atoms with Gasteiger partial charge in [0.15, 0.2) is 0 Å². The van der Waals surface area contributed by atoms with Crippen LogP contribution in [0.1, 0.15) is 29.8 Å². The lowest BCUT2D eigenvalue weighted by Crippen LogP contribution is -2.55. The number of aryl methyl sites for hydroxylation is 1. The fourth-order valence-corrected chi connectivity index (χ4v) is 5.53. The Labute approximate surface area is 246 Å². The Kier molecular flexibility index (Phi) is 8.48. The normalized spacial score (nSPS) is 19.9. The van der Waals surface area contributed by atoms with E-state index in [2.05, 4.69) is 15.2 Å². The Morgan fingerprint density at radius 1 is 1.02 bits per heavy atom. The zero-order chi connectivity index (χ0) is 31.1. The van der Waals surface area contributed by atoms with Crippen molar-refractivity contribution in [2.24, 2.45) is 7.05 Å². The van der Waals surface area contributed by atoms with Gasteiger partial charge in [0.05, 0.1) is 35.7 Å². The number of aromatic nitrogens is 2. The third kappa shape index (κ3) is 6.37. The number of rotatable bonds is 5. The summed E-state index contributed by atoms with van der Waals surface area (Å²) in [5.41, 5.74) is -1.81. The van der Waals surface area contributed by atoms with Gasteiger partial charge in [-0.1, -0.05) is 0 Å². The van der Waals surface area contributed by atoms with Crippen LogP contribution in [-0.4, -0.2) is 78.9 Å². The van der Waals surface area contributed by atoms with Crippen molar-refractivity contribution >= 4 is 23.1 Å². The maximum Gasteiger partial charge on any atom is 0.417 e. The average Bonchev–Trinajstić information content (AvgIpc) is 2.97. The van der Waals surface area contributed by atoms with E-state index in [9.17, 15) is 22.8 Å². The molecule has 1 unspecified atom stereocenters. The van der Waals surface area contributed by atoms with Crippen LogP contribution < -0.4 is 20.7 Å². The summed E-state index contributed by atoms with van der Waals surface area (Å²) >= 11 is 0. The molecule has 1 amide bonds. The quantitative estimate of drug-likeness (QED) is 0.438. The van der Waals surface area contributed by atoms with Gasteiger partial charge >= 0.3 is 6.18 Å². The van der Waals surface area contributed by atoms with Crippen LogP contribution in [0.4, 0.5) is 34.8 Å². The first-order chi connectivity index (χ1) is 20.3. The molecule has 3 aromatic rings. The summed E-state index contributed by atoms with van der Waals surface area (Å²) in [6.45, 7) is 7.39. The van der Waals surface area contributed by atoms with Crippen LogP contribution in [0.2, 0.25) is 0 Å². The summed E-state index contributed by atoms with van der Waals surface area (Å²) in [6.07, 6.45) is -2.51. The first kappa shape index (κ1) is 30.5. The van der Waals surface area contributed by atoms with Crippen molar-refractivity contribution in [1.82, 2.24) is 14.5 Å². The van der Waals surface area contributed by atoms with Gasteiger partial charge in [-0.15, -0.1) is 0 Å². The number of alkyl halides is 3. The Balaban J connectivity index is 1.59. The number of nitrogens with one attached hydrogen (secondary N) is 1. The van der Waals surface area contributed by atoms with Crippen molar-refractivity contribution in [2.45, 2.75) is 32.1 Å². The number of likely N-dealkylation sites (N-methyl/N-ethyl adjacent to an activating group) is 1. The predicted octanol–water partition coefficient (Wildman–Crippen LogP) is 4.22. The molecule has 0 saturated carbocycles. The van der Waals surface area contributed by atoms with Gasteiger partial charge in [-0.25, -0.2) is 9.37 Å². The number of hydrogen-bond acceptors (Lipinski definition) is 7. The standard InChI is InChI=1S/C30H34F4N6O3/c1-18-15-40(16-19(2)38(18)4)26-14-24(31)21(20-5-6-35-27(11-20)39-7-9-43-10-8-39)12-25(26)36-29(42)22-17-37(3)28(41)13-23(22)30(32,33)34/h5-6,11-14,17-19H,7-10,15-16H2,1-4H3,(H,36,42)/t18-,19?/m0/s1. The molecule has 0 bridgehead atoms. The Bertz CT molecular complexity index is 1560. The van der Waals surface area contributed by atoms with Crippen LogP contribution in [0, 0.1) is 5.82 Å². The lowest BCUT2D eigenvalue weighted by molar-refractivity contribution is -0.138. The van der Waals surface area contributed by atoms with E-state index in [1.54, 1.807) is 18.3 Å². The number of hydrogen-bond donors (Lipinski definition) is 1. The molecule has 2 aliphatic rings. The third-order valence-corrected chi connectivity index (χ3v) is 8.20. The highest BCUT2D eigenvalue weighted by molar-refractivity contribution is 6.07. The van der Waals surface area contributed by atoms with E-state index in [4.69, 9.17) is 4.74 Å². The fourth-order valence-electron chi connectivity index (χ4n) is 5.53. The topological polar surface area (TPSA) is 82.9 Å². The molecule has 230 valence electrons. The van der Waals surface area contributed by atoms with Crippen molar-refractivity contribution < 1.29 is 27.1 Å². The van der Waals surface area contributed by atoms with Crippen molar-refractivity contribution in [2.75, 3.05) is 61.6 Å². The van der Waals surface area contributed by atoms with Crippen LogP contribution in [0.15, 0.2) is 47.5 Å². The Hall–Kier alpha value is -3.97. The molecule has 0 aliphatic carbocycles. The van der Waals surface area contributed by atoms with Gasteiger partial charge in [-0.05, 0) is 50.7 Å². The van der Waals surface area contributed by atoms with Crippen molar-refractivity contribution in [1.29, 1.82) is 0 Å². The van der Waals surface area contributed by atoms with Gasteiger partial charge in [0.25, 0.3) is 11.5 Å². The number of carbonyl (C=O) groups is 1. The van der Waals surface area contributed by atoms with Crippen LogP contribution in [0.3, 0.4) is 0 Å². The summed E-state index contributed by atoms with van der Waals surface area (Å²) in [7, 11) is 3.26. The van der Waals surface area contributed by atoms with Gasteiger partial charge in [-0.2, -0.15) is 13.2 Å². The SMILES string of the molecule is CC1CN(c2cc(F)c(-c3ccnc(N4CCOCC4)c3)cc2NC(=O)c2cn(C)c(=O)cc2C(F)(F)F)C[C@H](C)N1C. The zero-order valence-electron chi connectivity index (χ0n) is 24.4. The molecule has 4 heterocycles. The van der Waals surface area contributed by atoms with Crippen molar-refractivity contribution in [3.63, 3.8) is 0 Å². The van der Waals surface area contributed by atoms with Gasteiger partial charge in [-0.3, -0.25) is 14.5 Å². The first-order valence-electron chi connectivity index (χ1n) is 14.0. The summed E-state index contributed by atoms with van der Waals surface area (Å²) in [5.74, 6) is -0.984. The van der Waals surface area contributed by atoms with E-state index in [0.29, 0.717) is 62.5 Å². The zero-order valence-corrected chi connectivity index (χ0v) is 24.4. The molecule has 1 N–H and O–H groups in total. The van der Waals surface area contributed by atoms with Crippen molar-refractivity contribution in [3.8, 4) is 11.1 Å². The molecule has 5 rings (SSSR count). The van der Waals surface area contributed by atoms with Crippen LogP contribution in [-0.2, 0) is 18.0 Å².